The minimum Gasteiger partial charge on any atom is -0.468 e. The van der Waals surface area contributed by atoms with E-state index in [1.165, 1.54) is 58.0 Å². The van der Waals surface area contributed by atoms with Gasteiger partial charge in [0.2, 0.25) is 0 Å². The Balaban J connectivity index is 1.39. The van der Waals surface area contributed by atoms with E-state index in [0.29, 0.717) is 6.04 Å². The van der Waals surface area contributed by atoms with Crippen molar-refractivity contribution in [2.45, 2.75) is 64.5 Å². The van der Waals surface area contributed by atoms with Crippen molar-refractivity contribution < 1.29 is 4.42 Å². The van der Waals surface area contributed by atoms with Gasteiger partial charge in [-0.05, 0) is 63.2 Å². The number of nitrogens with one attached hydrogen (secondary N) is 1. The second-order valence-corrected chi connectivity index (χ2v) is 7.16. The van der Waals surface area contributed by atoms with Crippen LogP contribution < -0.4 is 5.32 Å². The van der Waals surface area contributed by atoms with E-state index in [2.05, 4.69) is 17.1 Å². The summed E-state index contributed by atoms with van der Waals surface area (Å²) >= 11 is 0. The first-order valence-corrected chi connectivity index (χ1v) is 8.75. The average Bonchev–Trinajstić information content (AvgIpc) is 3.02. The lowest BCUT2D eigenvalue weighted by molar-refractivity contribution is 0.0488. The third kappa shape index (κ3) is 3.89. The fourth-order valence-corrected chi connectivity index (χ4v) is 4.19. The van der Waals surface area contributed by atoms with Crippen LogP contribution in [0.25, 0.3) is 0 Å². The van der Waals surface area contributed by atoms with Crippen molar-refractivity contribution in [3.05, 3.63) is 24.2 Å². The number of nitrogens with zero attached hydrogens (tertiary/aromatic N) is 1. The second-order valence-electron chi connectivity index (χ2n) is 7.16. The van der Waals surface area contributed by atoms with E-state index >= 15 is 0 Å². The Hall–Kier alpha value is -0.800. The molecule has 1 aromatic rings. The van der Waals surface area contributed by atoms with Gasteiger partial charge in [0.1, 0.15) is 5.76 Å². The molecule has 118 valence electrons. The molecule has 1 spiro atoms. The predicted octanol–water partition coefficient (Wildman–Crippen LogP) is 3.80. The van der Waals surface area contributed by atoms with E-state index in [4.69, 9.17) is 4.42 Å². The molecule has 2 fully saturated rings. The predicted molar refractivity (Wildman–Crippen MR) is 86.2 cm³/mol. The van der Waals surface area contributed by atoms with Crippen LogP contribution in [0.15, 0.2) is 22.8 Å². The normalized spacial score (nSPS) is 24.2. The monoisotopic (exact) mass is 290 g/mol. The highest BCUT2D eigenvalue weighted by atomic mass is 16.3. The zero-order chi connectivity index (χ0) is 14.5. The molecule has 2 aliphatic rings. The van der Waals surface area contributed by atoms with Crippen molar-refractivity contribution in [2.75, 3.05) is 19.6 Å². The Bertz CT molecular complexity index is 399. The number of hydrogen-bond donors (Lipinski definition) is 1. The molecule has 1 saturated heterocycles. The van der Waals surface area contributed by atoms with Gasteiger partial charge >= 0.3 is 0 Å². The number of rotatable bonds is 5. The van der Waals surface area contributed by atoms with Crippen molar-refractivity contribution in [2.24, 2.45) is 5.41 Å². The van der Waals surface area contributed by atoms with Crippen molar-refractivity contribution in [1.82, 2.24) is 10.2 Å². The minimum atomic E-state index is 0.626. The van der Waals surface area contributed by atoms with Crippen LogP contribution >= 0.6 is 0 Å². The molecule has 21 heavy (non-hydrogen) atoms. The first-order chi connectivity index (χ1) is 10.3. The molecule has 0 bridgehead atoms. The summed E-state index contributed by atoms with van der Waals surface area (Å²) in [5.74, 6) is 1.03. The van der Waals surface area contributed by atoms with Gasteiger partial charge in [0.05, 0.1) is 12.8 Å². The highest BCUT2D eigenvalue weighted by molar-refractivity contribution is 4.97. The summed E-state index contributed by atoms with van der Waals surface area (Å²) < 4.78 is 5.36. The molecular formula is C18H30N2O. The van der Waals surface area contributed by atoms with E-state index in [9.17, 15) is 0 Å². The molecule has 0 amide bonds. The summed E-state index contributed by atoms with van der Waals surface area (Å²) in [7, 11) is 0. The maximum absolute atomic E-state index is 5.36. The van der Waals surface area contributed by atoms with Crippen LogP contribution in [0.4, 0.5) is 0 Å². The summed E-state index contributed by atoms with van der Waals surface area (Å²) in [6, 6.07) is 4.61. The number of piperidine rings is 1. The van der Waals surface area contributed by atoms with Gasteiger partial charge in [0.25, 0.3) is 0 Å². The van der Waals surface area contributed by atoms with Crippen LogP contribution in [0.3, 0.4) is 0 Å². The topological polar surface area (TPSA) is 28.4 Å². The molecule has 0 radical (unpaired) electrons. The van der Waals surface area contributed by atoms with Gasteiger partial charge in [-0.1, -0.05) is 19.3 Å². The maximum Gasteiger partial charge on any atom is 0.117 e. The van der Waals surface area contributed by atoms with E-state index in [0.717, 1.165) is 24.3 Å². The minimum absolute atomic E-state index is 0.626. The van der Waals surface area contributed by atoms with Gasteiger partial charge in [0, 0.05) is 12.6 Å². The van der Waals surface area contributed by atoms with Gasteiger partial charge in [0.15, 0.2) is 0 Å². The summed E-state index contributed by atoms with van der Waals surface area (Å²) in [5, 5.41) is 3.52. The molecule has 1 aromatic heterocycles. The molecule has 0 aromatic carbocycles. The lowest BCUT2D eigenvalue weighted by atomic mass is 9.68. The number of hydrogen-bond acceptors (Lipinski definition) is 3. The Labute approximate surface area is 129 Å². The van der Waals surface area contributed by atoms with Crippen LogP contribution in [0.5, 0.6) is 0 Å². The average molecular weight is 290 g/mol. The molecule has 1 saturated carbocycles. The van der Waals surface area contributed by atoms with Crippen LogP contribution in [-0.4, -0.2) is 30.6 Å². The molecule has 1 aliphatic carbocycles. The maximum atomic E-state index is 5.36. The summed E-state index contributed by atoms with van der Waals surface area (Å²) in [6.07, 6.45) is 12.0. The molecule has 1 unspecified atom stereocenters. The van der Waals surface area contributed by atoms with Gasteiger partial charge in [-0.25, -0.2) is 0 Å². The molecule has 1 atom stereocenters. The molecule has 3 rings (SSSR count). The first-order valence-electron chi connectivity index (χ1n) is 8.75. The largest absolute Gasteiger partial charge is 0.468 e. The van der Waals surface area contributed by atoms with Gasteiger partial charge in [-0.2, -0.15) is 0 Å². The molecule has 3 heteroatoms. The van der Waals surface area contributed by atoms with Crippen molar-refractivity contribution in [3.8, 4) is 0 Å². The summed E-state index contributed by atoms with van der Waals surface area (Å²) in [5.41, 5.74) is 0.718. The lowest BCUT2D eigenvalue weighted by Crippen LogP contribution is -2.47. The fraction of sp³-hybridized carbons (Fsp3) is 0.778. The highest BCUT2D eigenvalue weighted by Crippen LogP contribution is 2.44. The third-order valence-electron chi connectivity index (χ3n) is 5.72. The summed E-state index contributed by atoms with van der Waals surface area (Å²) in [6.45, 7) is 6.84. The van der Waals surface area contributed by atoms with E-state index in [-0.39, 0.29) is 0 Å². The zero-order valence-corrected chi connectivity index (χ0v) is 13.4. The molecule has 1 N–H and O–H groups in total. The van der Waals surface area contributed by atoms with E-state index in [1.807, 2.05) is 12.1 Å². The van der Waals surface area contributed by atoms with E-state index in [1.54, 1.807) is 6.26 Å². The van der Waals surface area contributed by atoms with Crippen LogP contribution in [-0.2, 0) is 6.54 Å². The second kappa shape index (κ2) is 6.97. The SMILES string of the molecule is CC(CNCc1ccco1)N1CCC2(CCCCC2)CC1. The fourth-order valence-electron chi connectivity index (χ4n) is 4.19. The van der Waals surface area contributed by atoms with Crippen molar-refractivity contribution in [3.63, 3.8) is 0 Å². The Morgan fingerprint density at radius 1 is 1.19 bits per heavy atom. The standard InChI is InChI=1S/C18H30N2O/c1-16(14-19-15-17-6-5-13-21-17)20-11-9-18(10-12-20)7-3-2-4-8-18/h5-6,13,16,19H,2-4,7-12,14-15H2,1H3. The zero-order valence-electron chi connectivity index (χ0n) is 13.4. The molecular weight excluding hydrogens is 260 g/mol. The van der Waals surface area contributed by atoms with Gasteiger partial charge < -0.3 is 9.73 Å². The van der Waals surface area contributed by atoms with Crippen LogP contribution in [0, 0.1) is 5.41 Å². The van der Waals surface area contributed by atoms with Crippen LogP contribution in [0.2, 0.25) is 0 Å². The smallest absolute Gasteiger partial charge is 0.117 e. The molecule has 3 nitrogen and oxygen atoms in total. The third-order valence-corrected chi connectivity index (χ3v) is 5.72. The number of likely N-dealkylation sites (tertiary alicyclic amines) is 1. The van der Waals surface area contributed by atoms with Crippen LogP contribution in [0.1, 0.15) is 57.6 Å². The molecule has 2 heterocycles. The highest BCUT2D eigenvalue weighted by Gasteiger charge is 2.36. The van der Waals surface area contributed by atoms with Crippen molar-refractivity contribution >= 4 is 0 Å². The quantitative estimate of drug-likeness (QED) is 0.894. The Kier molecular flexibility index (Phi) is 5.02. The Morgan fingerprint density at radius 2 is 1.95 bits per heavy atom. The summed E-state index contributed by atoms with van der Waals surface area (Å²) in [4.78, 5) is 2.68. The van der Waals surface area contributed by atoms with Crippen molar-refractivity contribution in [1.29, 1.82) is 0 Å². The van der Waals surface area contributed by atoms with E-state index < -0.39 is 0 Å². The van der Waals surface area contributed by atoms with Gasteiger partial charge in [-0.3, -0.25) is 4.90 Å². The van der Waals surface area contributed by atoms with Gasteiger partial charge in [-0.15, -0.1) is 0 Å². The number of furan rings is 1. The Morgan fingerprint density at radius 3 is 2.62 bits per heavy atom. The first kappa shape index (κ1) is 15.1. The lowest BCUT2D eigenvalue weighted by Gasteiger charge is -2.46. The molecule has 1 aliphatic heterocycles.